The second kappa shape index (κ2) is 5.30. The molecule has 2 N–H and O–H groups in total. The number of carbonyl (C=O) groups excluding carboxylic acids is 1. The number of pyridine rings is 1. The molecule has 2 rings (SSSR count). The van der Waals surface area contributed by atoms with Gasteiger partial charge in [-0.05, 0) is 17.4 Å². The van der Waals surface area contributed by atoms with Crippen molar-refractivity contribution in [1.82, 2.24) is 25.6 Å². The summed E-state index contributed by atoms with van der Waals surface area (Å²) in [5, 5.41) is 15.2. The number of rotatable bonds is 3. The van der Waals surface area contributed by atoms with Gasteiger partial charge in [0.05, 0.1) is 0 Å². The minimum atomic E-state index is -0.345. The molecular formula is C9H7BrN6O. The number of amides is 1. The van der Waals surface area contributed by atoms with Crippen LogP contribution in [-0.4, -0.2) is 31.5 Å². The van der Waals surface area contributed by atoms with Crippen LogP contribution in [0.3, 0.4) is 0 Å². The summed E-state index contributed by atoms with van der Waals surface area (Å²) in [6, 6.07) is 1.79. The highest BCUT2D eigenvalue weighted by Crippen LogP contribution is 2.15. The van der Waals surface area contributed by atoms with Crippen molar-refractivity contribution >= 4 is 33.9 Å². The molecule has 0 unspecified atom stereocenters. The van der Waals surface area contributed by atoms with Crippen molar-refractivity contribution < 1.29 is 4.79 Å². The van der Waals surface area contributed by atoms with Crippen LogP contribution in [0.5, 0.6) is 0 Å². The molecule has 0 saturated heterocycles. The number of hydrogen-bond donors (Lipinski definition) is 2. The molecule has 2 aromatic rings. The fourth-order valence-electron chi connectivity index (χ4n) is 1.04. The Labute approximate surface area is 104 Å². The molecule has 0 bridgehead atoms. The van der Waals surface area contributed by atoms with Crippen molar-refractivity contribution in [3.05, 3.63) is 34.6 Å². The van der Waals surface area contributed by atoms with E-state index in [1.807, 2.05) is 0 Å². The van der Waals surface area contributed by atoms with Crippen molar-refractivity contribution in [3.63, 3.8) is 0 Å². The summed E-state index contributed by atoms with van der Waals surface area (Å²) in [5.41, 5.74) is 0.802. The van der Waals surface area contributed by atoms with E-state index >= 15 is 0 Å². The lowest BCUT2D eigenvalue weighted by molar-refractivity contribution is -0.111. The maximum atomic E-state index is 11.4. The van der Waals surface area contributed by atoms with Crippen LogP contribution in [0.2, 0.25) is 0 Å². The first kappa shape index (κ1) is 11.4. The summed E-state index contributed by atoms with van der Waals surface area (Å²) in [6.45, 7) is 0. The second-order valence-corrected chi connectivity index (χ2v) is 3.81. The van der Waals surface area contributed by atoms with Crippen LogP contribution < -0.4 is 5.32 Å². The third-order valence-corrected chi connectivity index (χ3v) is 2.51. The number of aromatic nitrogens is 5. The van der Waals surface area contributed by atoms with Crippen LogP contribution in [0.15, 0.2) is 29.0 Å². The molecule has 1 amide bonds. The maximum absolute atomic E-state index is 11.4. The molecule has 17 heavy (non-hydrogen) atoms. The Balaban J connectivity index is 2.01. The topological polar surface area (TPSA) is 96.5 Å². The number of tetrazole rings is 1. The standard InChI is InChI=1S/C9H7BrN6O/c10-7-3-4-11-5-6(7)1-2-8(17)12-9-13-15-16-14-9/h1-5H,(H2,12,13,14,15,16,17). The number of halogens is 1. The van der Waals surface area contributed by atoms with Crippen molar-refractivity contribution in [3.8, 4) is 0 Å². The van der Waals surface area contributed by atoms with Crippen LogP contribution >= 0.6 is 15.9 Å². The molecule has 7 nitrogen and oxygen atoms in total. The quantitative estimate of drug-likeness (QED) is 0.824. The molecule has 0 aliphatic carbocycles. The largest absolute Gasteiger partial charge is 0.288 e. The van der Waals surface area contributed by atoms with E-state index in [1.165, 1.54) is 6.08 Å². The highest BCUT2D eigenvalue weighted by Gasteiger charge is 2.01. The molecule has 86 valence electrons. The van der Waals surface area contributed by atoms with Gasteiger partial charge in [0.2, 0.25) is 0 Å². The molecule has 2 aromatic heterocycles. The highest BCUT2D eigenvalue weighted by molar-refractivity contribution is 9.10. The van der Waals surface area contributed by atoms with E-state index in [1.54, 1.807) is 24.5 Å². The van der Waals surface area contributed by atoms with Gasteiger partial charge < -0.3 is 0 Å². The van der Waals surface area contributed by atoms with Gasteiger partial charge in [0.25, 0.3) is 11.9 Å². The summed E-state index contributed by atoms with van der Waals surface area (Å²) in [5.74, 6) is -0.216. The number of nitrogens with one attached hydrogen (secondary N) is 2. The van der Waals surface area contributed by atoms with E-state index in [4.69, 9.17) is 0 Å². The molecule has 0 atom stereocenters. The van der Waals surface area contributed by atoms with E-state index in [2.05, 4.69) is 46.9 Å². The molecule has 0 aromatic carbocycles. The van der Waals surface area contributed by atoms with Gasteiger partial charge in [-0.25, -0.2) is 0 Å². The van der Waals surface area contributed by atoms with Gasteiger partial charge >= 0.3 is 0 Å². The van der Waals surface area contributed by atoms with Crippen molar-refractivity contribution in [1.29, 1.82) is 0 Å². The molecule has 0 radical (unpaired) electrons. The number of hydrogen-bond acceptors (Lipinski definition) is 5. The number of H-pyrrole nitrogens is 1. The Morgan fingerprint density at radius 1 is 1.53 bits per heavy atom. The smallest absolute Gasteiger partial charge is 0.270 e. The van der Waals surface area contributed by atoms with Crippen LogP contribution in [0.1, 0.15) is 5.56 Å². The summed E-state index contributed by atoms with van der Waals surface area (Å²) in [4.78, 5) is 15.4. The third kappa shape index (κ3) is 3.18. The van der Waals surface area contributed by atoms with Gasteiger partial charge in [0.15, 0.2) is 0 Å². The lowest BCUT2D eigenvalue weighted by Crippen LogP contribution is -2.09. The van der Waals surface area contributed by atoms with Crippen LogP contribution in [-0.2, 0) is 4.79 Å². The molecule has 0 aliphatic rings. The highest BCUT2D eigenvalue weighted by atomic mass is 79.9. The van der Waals surface area contributed by atoms with Crippen LogP contribution in [0, 0.1) is 0 Å². The summed E-state index contributed by atoms with van der Waals surface area (Å²) in [7, 11) is 0. The molecule has 0 saturated carbocycles. The first-order valence-electron chi connectivity index (χ1n) is 4.58. The fourth-order valence-corrected chi connectivity index (χ4v) is 1.40. The lowest BCUT2D eigenvalue weighted by Gasteiger charge is -1.96. The first-order chi connectivity index (χ1) is 8.25. The summed E-state index contributed by atoms with van der Waals surface area (Å²) in [6.07, 6.45) is 6.29. The van der Waals surface area contributed by atoms with E-state index in [0.29, 0.717) is 0 Å². The van der Waals surface area contributed by atoms with Crippen LogP contribution in [0.4, 0.5) is 5.95 Å². The van der Waals surface area contributed by atoms with Crippen molar-refractivity contribution in [2.75, 3.05) is 5.32 Å². The molecular weight excluding hydrogens is 288 g/mol. The normalized spacial score (nSPS) is 10.6. The van der Waals surface area contributed by atoms with E-state index < -0.39 is 0 Å². The minimum absolute atomic E-state index is 0.130. The molecule has 8 heteroatoms. The number of anilines is 1. The van der Waals surface area contributed by atoms with E-state index in [0.717, 1.165) is 10.0 Å². The summed E-state index contributed by atoms with van der Waals surface area (Å²) < 4.78 is 0.858. The Hall–Kier alpha value is -2.09. The maximum Gasteiger partial charge on any atom is 0.270 e. The Morgan fingerprint density at radius 3 is 3.12 bits per heavy atom. The van der Waals surface area contributed by atoms with Crippen molar-refractivity contribution in [2.45, 2.75) is 0 Å². The Morgan fingerprint density at radius 2 is 2.41 bits per heavy atom. The predicted molar refractivity (Wildman–Crippen MR) is 63.8 cm³/mol. The zero-order chi connectivity index (χ0) is 12.1. The monoisotopic (exact) mass is 294 g/mol. The Bertz CT molecular complexity index is 538. The molecule has 0 fully saturated rings. The average molecular weight is 295 g/mol. The lowest BCUT2D eigenvalue weighted by atomic mass is 10.2. The van der Waals surface area contributed by atoms with Gasteiger partial charge in [0, 0.05) is 28.5 Å². The van der Waals surface area contributed by atoms with Gasteiger partial charge in [0.1, 0.15) is 0 Å². The molecule has 2 heterocycles. The number of aromatic amines is 1. The molecule has 0 aliphatic heterocycles. The average Bonchev–Trinajstić information content (AvgIpc) is 2.81. The minimum Gasteiger partial charge on any atom is -0.288 e. The zero-order valence-electron chi connectivity index (χ0n) is 8.46. The number of nitrogens with zero attached hydrogens (tertiary/aromatic N) is 4. The van der Waals surface area contributed by atoms with Gasteiger partial charge in [-0.3, -0.25) is 15.1 Å². The van der Waals surface area contributed by atoms with Gasteiger partial charge in [-0.1, -0.05) is 21.0 Å². The fraction of sp³-hybridized carbons (Fsp3) is 0. The van der Waals surface area contributed by atoms with Crippen LogP contribution in [0.25, 0.3) is 6.08 Å². The van der Waals surface area contributed by atoms with Crippen molar-refractivity contribution in [2.24, 2.45) is 0 Å². The van der Waals surface area contributed by atoms with E-state index in [9.17, 15) is 4.79 Å². The van der Waals surface area contributed by atoms with E-state index in [-0.39, 0.29) is 11.9 Å². The summed E-state index contributed by atoms with van der Waals surface area (Å²) >= 11 is 3.34. The Kier molecular flexibility index (Phi) is 3.55. The van der Waals surface area contributed by atoms with Gasteiger partial charge in [-0.2, -0.15) is 5.21 Å². The predicted octanol–water partition coefficient (Wildman–Crippen LogP) is 1.01. The second-order valence-electron chi connectivity index (χ2n) is 2.96. The number of carbonyl (C=O) groups is 1. The molecule has 0 spiro atoms. The zero-order valence-corrected chi connectivity index (χ0v) is 10.0. The third-order valence-electron chi connectivity index (χ3n) is 1.79. The first-order valence-corrected chi connectivity index (χ1v) is 5.37. The van der Waals surface area contributed by atoms with Gasteiger partial charge in [-0.15, -0.1) is 5.10 Å². The SMILES string of the molecule is O=C(C=Cc1cnccc1Br)Nc1nn[nH]n1.